The van der Waals surface area contributed by atoms with E-state index in [0.717, 1.165) is 28.0 Å². The second-order valence-electron chi connectivity index (χ2n) is 12.2. The third-order valence-electron chi connectivity index (χ3n) is 7.08. The normalized spacial score (nSPS) is 13.2. The zero-order valence-electron chi connectivity index (χ0n) is 23.9. The Hall–Kier alpha value is -4.24. The van der Waals surface area contributed by atoms with E-state index in [-0.39, 0.29) is 16.5 Å². The lowest BCUT2D eigenvalue weighted by Gasteiger charge is -2.22. The van der Waals surface area contributed by atoms with Crippen molar-refractivity contribution in [3.8, 4) is 11.1 Å². The van der Waals surface area contributed by atoms with Crippen molar-refractivity contribution in [2.24, 2.45) is 0 Å². The maximum absolute atomic E-state index is 8.08. The Balaban J connectivity index is 0.000000187. The monoisotopic (exact) mass is 513 g/mol. The summed E-state index contributed by atoms with van der Waals surface area (Å²) in [5.74, 6) is 0. The summed E-state index contributed by atoms with van der Waals surface area (Å²) in [5.41, 5.74) is 16.5. The highest BCUT2D eigenvalue weighted by atomic mass is 14.5. The molecule has 0 aliphatic heterocycles. The fourth-order valence-corrected chi connectivity index (χ4v) is 4.64. The molecule has 3 nitrogen and oxygen atoms in total. The van der Waals surface area contributed by atoms with Gasteiger partial charge in [0, 0.05) is 11.3 Å². The van der Waals surface area contributed by atoms with E-state index in [4.69, 9.17) is 16.6 Å². The molecule has 0 spiro atoms. The number of nitrogen functional groups attached to an aromatic ring is 1. The molecule has 0 heterocycles. The van der Waals surface area contributed by atoms with Crippen LogP contribution in [0.2, 0.25) is 0 Å². The quantitative estimate of drug-likeness (QED) is 0.230. The molecule has 5 rings (SSSR count). The van der Waals surface area contributed by atoms with Crippen molar-refractivity contribution < 1.29 is 0 Å². The summed E-state index contributed by atoms with van der Waals surface area (Å²) in [6.45, 7) is 13.3. The Morgan fingerprint density at radius 3 is 1.56 bits per heavy atom. The van der Waals surface area contributed by atoms with Gasteiger partial charge >= 0.3 is 0 Å². The first kappa shape index (κ1) is 27.8. The Morgan fingerprint density at radius 2 is 1.05 bits per heavy atom. The minimum Gasteiger partial charge on any atom is -0.399 e. The summed E-state index contributed by atoms with van der Waals surface area (Å²) in [5, 5.41) is 16.1. The van der Waals surface area contributed by atoms with Gasteiger partial charge in [0.2, 0.25) is 0 Å². The molecular formula is C36H39N3. The topological polar surface area (TPSA) is 73.7 Å². The lowest BCUT2D eigenvalue weighted by Crippen LogP contribution is -2.18. The van der Waals surface area contributed by atoms with Gasteiger partial charge in [-0.1, -0.05) is 126 Å². The molecule has 198 valence electrons. The number of anilines is 1. The van der Waals surface area contributed by atoms with Crippen LogP contribution in [0.25, 0.3) is 16.7 Å². The second kappa shape index (κ2) is 10.9. The average molecular weight is 514 g/mol. The van der Waals surface area contributed by atoms with Crippen molar-refractivity contribution in [2.75, 3.05) is 5.73 Å². The van der Waals surface area contributed by atoms with Crippen molar-refractivity contribution in [1.29, 1.82) is 10.8 Å². The van der Waals surface area contributed by atoms with Crippen molar-refractivity contribution in [3.63, 3.8) is 0 Å². The van der Waals surface area contributed by atoms with Gasteiger partial charge in [0.25, 0.3) is 0 Å². The van der Waals surface area contributed by atoms with Crippen LogP contribution in [-0.2, 0) is 10.8 Å². The fraction of sp³-hybridized carbons (Fsp3) is 0.222. The molecule has 0 radical (unpaired) electrons. The zero-order valence-corrected chi connectivity index (χ0v) is 23.9. The second-order valence-corrected chi connectivity index (χ2v) is 12.2. The molecule has 1 aliphatic carbocycles. The van der Waals surface area contributed by atoms with Crippen LogP contribution < -0.4 is 5.73 Å². The van der Waals surface area contributed by atoms with Gasteiger partial charge in [-0.2, -0.15) is 0 Å². The van der Waals surface area contributed by atoms with Crippen molar-refractivity contribution in [3.05, 3.63) is 131 Å². The predicted molar refractivity (Wildman–Crippen MR) is 168 cm³/mol. The van der Waals surface area contributed by atoms with Crippen molar-refractivity contribution in [2.45, 2.75) is 52.4 Å². The standard InChI is InChI=1S/C20H20N2.C16H19N/c1-20(2,3)14-10-8-13(9-11-14)17-12-18(21)19(22)16-7-5-4-6-15(16)17;1-16(2,3)14-9-7-12(8-10-14)13-5-4-6-15(17)11-13/h4-12,21-22H,1-3H3;4-11H,17H2,1-3H3. The van der Waals surface area contributed by atoms with Gasteiger partial charge < -0.3 is 5.73 Å². The van der Waals surface area contributed by atoms with E-state index in [1.165, 1.54) is 22.3 Å². The van der Waals surface area contributed by atoms with E-state index >= 15 is 0 Å². The van der Waals surface area contributed by atoms with Gasteiger partial charge in [-0.3, -0.25) is 10.8 Å². The van der Waals surface area contributed by atoms with E-state index in [2.05, 4.69) is 96.1 Å². The van der Waals surface area contributed by atoms with E-state index in [9.17, 15) is 0 Å². The lowest BCUT2D eigenvalue weighted by molar-refractivity contribution is 0.590. The highest BCUT2D eigenvalue weighted by Gasteiger charge is 2.21. The van der Waals surface area contributed by atoms with Crippen LogP contribution in [0.15, 0.2) is 103 Å². The molecule has 0 saturated carbocycles. The highest BCUT2D eigenvalue weighted by Crippen LogP contribution is 2.32. The zero-order chi connectivity index (χ0) is 28.4. The van der Waals surface area contributed by atoms with Crippen LogP contribution in [-0.4, -0.2) is 11.4 Å². The molecule has 0 bridgehead atoms. The fourth-order valence-electron chi connectivity index (χ4n) is 4.64. The number of fused-ring (bicyclic) bond motifs is 1. The number of nitrogens with one attached hydrogen (secondary N) is 2. The van der Waals surface area contributed by atoms with Crippen LogP contribution in [0, 0.1) is 10.8 Å². The maximum Gasteiger partial charge on any atom is 0.0867 e. The SMILES string of the molecule is CC(C)(C)c1ccc(-c2cccc(N)c2)cc1.CC(C)(C)c1ccc(C2=CC(=N)C(=N)c3ccccc32)cc1. The van der Waals surface area contributed by atoms with Crippen LogP contribution in [0.3, 0.4) is 0 Å². The largest absolute Gasteiger partial charge is 0.399 e. The molecule has 0 saturated heterocycles. The number of hydrogen-bond donors (Lipinski definition) is 3. The van der Waals surface area contributed by atoms with Crippen LogP contribution in [0.4, 0.5) is 5.69 Å². The third-order valence-corrected chi connectivity index (χ3v) is 7.08. The Kier molecular flexibility index (Phi) is 7.74. The molecule has 4 aromatic carbocycles. The molecule has 0 amide bonds. The van der Waals surface area contributed by atoms with E-state index in [1.807, 2.05) is 42.5 Å². The Labute approximate surface area is 233 Å². The van der Waals surface area contributed by atoms with Crippen LogP contribution in [0.5, 0.6) is 0 Å². The third kappa shape index (κ3) is 6.43. The Bertz CT molecular complexity index is 1520. The number of nitrogens with two attached hydrogens (primary N) is 1. The summed E-state index contributed by atoms with van der Waals surface area (Å²) < 4.78 is 0. The van der Waals surface area contributed by atoms with E-state index in [1.54, 1.807) is 6.08 Å². The molecule has 4 N–H and O–H groups in total. The first-order chi connectivity index (χ1) is 18.3. The molecule has 4 aromatic rings. The van der Waals surface area contributed by atoms with E-state index in [0.29, 0.717) is 5.71 Å². The molecule has 39 heavy (non-hydrogen) atoms. The van der Waals surface area contributed by atoms with Crippen LogP contribution >= 0.6 is 0 Å². The summed E-state index contributed by atoms with van der Waals surface area (Å²) in [7, 11) is 0. The molecule has 0 unspecified atom stereocenters. The first-order valence-electron chi connectivity index (χ1n) is 13.4. The summed E-state index contributed by atoms with van der Waals surface area (Å²) >= 11 is 0. The van der Waals surface area contributed by atoms with E-state index < -0.39 is 0 Å². The van der Waals surface area contributed by atoms with Crippen LogP contribution in [0.1, 0.15) is 69.4 Å². The summed E-state index contributed by atoms with van der Waals surface area (Å²) in [4.78, 5) is 0. The molecule has 1 aliphatic rings. The maximum atomic E-state index is 8.08. The highest BCUT2D eigenvalue weighted by molar-refractivity contribution is 6.53. The smallest absolute Gasteiger partial charge is 0.0867 e. The number of benzene rings is 4. The first-order valence-corrected chi connectivity index (χ1v) is 13.4. The van der Waals surface area contributed by atoms with Gasteiger partial charge in [0.15, 0.2) is 0 Å². The predicted octanol–water partition coefficient (Wildman–Crippen LogP) is 9.05. The van der Waals surface area contributed by atoms with Gasteiger partial charge in [-0.15, -0.1) is 0 Å². The van der Waals surface area contributed by atoms with Gasteiger partial charge in [0.05, 0.1) is 11.4 Å². The minimum absolute atomic E-state index is 0.131. The van der Waals surface area contributed by atoms with Gasteiger partial charge in [-0.05, 0) is 68.0 Å². The number of hydrogen-bond acceptors (Lipinski definition) is 3. The summed E-state index contributed by atoms with van der Waals surface area (Å²) in [6, 6.07) is 33.1. The lowest BCUT2D eigenvalue weighted by atomic mass is 9.82. The van der Waals surface area contributed by atoms with Gasteiger partial charge in [0.1, 0.15) is 0 Å². The number of rotatable bonds is 2. The molecule has 0 atom stereocenters. The molecular weight excluding hydrogens is 474 g/mol. The molecule has 3 heteroatoms. The Morgan fingerprint density at radius 1 is 0.538 bits per heavy atom. The minimum atomic E-state index is 0.131. The average Bonchev–Trinajstić information content (AvgIpc) is 2.90. The molecule has 0 aromatic heterocycles. The van der Waals surface area contributed by atoms with Gasteiger partial charge in [-0.25, -0.2) is 0 Å². The summed E-state index contributed by atoms with van der Waals surface area (Å²) in [6.07, 6.45) is 1.80. The van der Waals surface area contributed by atoms with Crippen molar-refractivity contribution in [1.82, 2.24) is 0 Å². The number of allylic oxidation sites excluding steroid dienone is 1. The molecule has 0 fully saturated rings. The van der Waals surface area contributed by atoms with Crippen molar-refractivity contribution >= 4 is 22.7 Å².